The number of rotatable bonds is 5. The van der Waals surface area contributed by atoms with Crippen molar-refractivity contribution >= 4 is 11.6 Å². The molecule has 0 saturated heterocycles. The first-order valence-corrected chi connectivity index (χ1v) is 18.7. The molecule has 2 atom stereocenters. The molecule has 3 aliphatic rings. The van der Waals surface area contributed by atoms with E-state index in [1.807, 2.05) is 0 Å². The molecule has 0 amide bonds. The van der Waals surface area contributed by atoms with E-state index < -0.39 is 0 Å². The average molecular weight is 650 g/mol. The Hall–Kier alpha value is -3.84. The second-order valence-electron chi connectivity index (χ2n) is 17.1. The van der Waals surface area contributed by atoms with Gasteiger partial charge < -0.3 is 4.90 Å². The van der Waals surface area contributed by atoms with Crippen LogP contribution >= 0.6 is 0 Å². The van der Waals surface area contributed by atoms with E-state index in [4.69, 9.17) is 0 Å². The van der Waals surface area contributed by atoms with E-state index in [2.05, 4.69) is 178 Å². The lowest BCUT2D eigenvalue weighted by atomic mass is 9.57. The van der Waals surface area contributed by atoms with E-state index in [1.54, 1.807) is 0 Å². The van der Waals surface area contributed by atoms with Crippen LogP contribution in [0.25, 0.3) is 11.6 Å². The minimum atomic E-state index is -0.153. The minimum absolute atomic E-state index is 0.0781. The lowest BCUT2D eigenvalue weighted by molar-refractivity contribution is 0.431. The van der Waals surface area contributed by atoms with Crippen LogP contribution in [0.3, 0.4) is 0 Å². The first-order valence-electron chi connectivity index (χ1n) is 18.7. The number of hydrogen-bond donors (Lipinski definition) is 0. The highest BCUT2D eigenvalue weighted by molar-refractivity contribution is 5.83. The number of aryl methyl sites for hydroxylation is 2. The standard InChI is InChI=1S/C48H59N/c1-12-35-17-13-14-18-37(46(5,6)7)30-39(35)44-36(23-25-42-45(44)48(10,11)41-20-16-15-19-40(41)47(42,8)9)27-28-49-31-33(3)22-26-43(49)38-24-21-32(2)29-34(38)4/h15-16,18-31,35,43H,12-14,17H2,1-11H3/b28-27-,37-18+,39-30+. The van der Waals surface area contributed by atoms with E-state index >= 15 is 0 Å². The molecule has 0 fully saturated rings. The molecule has 3 aromatic rings. The summed E-state index contributed by atoms with van der Waals surface area (Å²) in [6.07, 6.45) is 21.6. The zero-order valence-corrected chi connectivity index (χ0v) is 32.2. The van der Waals surface area contributed by atoms with Gasteiger partial charge in [-0.1, -0.05) is 140 Å². The van der Waals surface area contributed by atoms with Crippen molar-refractivity contribution in [1.29, 1.82) is 0 Å². The summed E-state index contributed by atoms with van der Waals surface area (Å²) in [4.78, 5) is 2.42. The Labute approximate surface area is 298 Å². The largest absolute Gasteiger partial charge is 0.343 e. The van der Waals surface area contributed by atoms with Gasteiger partial charge in [0.05, 0.1) is 6.04 Å². The van der Waals surface area contributed by atoms with Gasteiger partial charge in [-0.05, 0) is 125 Å². The summed E-state index contributed by atoms with van der Waals surface area (Å²) >= 11 is 0. The normalized spacial score (nSPS) is 23.8. The fourth-order valence-corrected chi connectivity index (χ4v) is 8.86. The first-order chi connectivity index (χ1) is 23.1. The molecule has 0 spiro atoms. The summed E-state index contributed by atoms with van der Waals surface area (Å²) in [5, 5.41) is 0. The van der Waals surface area contributed by atoms with Crippen molar-refractivity contribution in [2.45, 2.75) is 119 Å². The number of nitrogens with zero attached hydrogens (tertiary/aromatic N) is 1. The van der Waals surface area contributed by atoms with Crippen LogP contribution < -0.4 is 0 Å². The van der Waals surface area contributed by atoms with Crippen molar-refractivity contribution in [3.8, 4) is 0 Å². The molecule has 0 saturated carbocycles. The van der Waals surface area contributed by atoms with Gasteiger partial charge in [0.2, 0.25) is 0 Å². The molecule has 2 unspecified atom stereocenters. The van der Waals surface area contributed by atoms with Crippen molar-refractivity contribution in [2.75, 3.05) is 0 Å². The number of benzene rings is 3. The van der Waals surface area contributed by atoms with Gasteiger partial charge in [0.25, 0.3) is 0 Å². The van der Waals surface area contributed by atoms with Gasteiger partial charge in [0.1, 0.15) is 0 Å². The maximum atomic E-state index is 2.62. The topological polar surface area (TPSA) is 3.24 Å². The van der Waals surface area contributed by atoms with Gasteiger partial charge in [-0.15, -0.1) is 0 Å². The van der Waals surface area contributed by atoms with E-state index in [0.29, 0.717) is 5.92 Å². The molecule has 1 aliphatic heterocycles. The second-order valence-corrected chi connectivity index (χ2v) is 17.1. The minimum Gasteiger partial charge on any atom is -0.343 e. The number of allylic oxidation sites excluding steroid dienone is 6. The van der Waals surface area contributed by atoms with Crippen LogP contribution in [0.4, 0.5) is 0 Å². The molecule has 0 bridgehead atoms. The third-order valence-corrected chi connectivity index (χ3v) is 11.7. The summed E-state index contributed by atoms with van der Waals surface area (Å²) < 4.78 is 0. The maximum Gasteiger partial charge on any atom is 0.0769 e. The third kappa shape index (κ3) is 6.47. The molecule has 49 heavy (non-hydrogen) atoms. The molecule has 256 valence electrons. The lowest BCUT2D eigenvalue weighted by Crippen LogP contribution is -2.38. The van der Waals surface area contributed by atoms with E-state index in [1.165, 1.54) is 79.6 Å². The highest BCUT2D eigenvalue weighted by Crippen LogP contribution is 2.54. The summed E-state index contributed by atoms with van der Waals surface area (Å²) in [5.74, 6) is 0.504. The maximum absolute atomic E-state index is 2.62. The van der Waals surface area contributed by atoms with Crippen LogP contribution in [0.15, 0.2) is 102 Å². The van der Waals surface area contributed by atoms with Crippen molar-refractivity contribution in [3.05, 3.63) is 153 Å². The predicted octanol–water partition coefficient (Wildman–Crippen LogP) is 13.3. The highest BCUT2D eigenvalue weighted by Gasteiger charge is 2.44. The fourth-order valence-electron chi connectivity index (χ4n) is 8.86. The zero-order chi connectivity index (χ0) is 35.3. The SMILES string of the molecule is CCC1CCC/C=C(C(C)(C)C)\C=C/1c1c(/C=C\N2C=C(C)C=CC2c2ccc(C)cc2C)ccc2c1C(C)(C)c1ccccc1C2(C)C. The lowest BCUT2D eigenvalue weighted by Gasteiger charge is -2.46. The molecule has 0 N–H and O–H groups in total. The van der Waals surface area contributed by atoms with Gasteiger partial charge in [-0.3, -0.25) is 0 Å². The summed E-state index contributed by atoms with van der Waals surface area (Å²) in [6, 6.07) is 21.1. The van der Waals surface area contributed by atoms with Crippen LogP contribution in [-0.2, 0) is 10.8 Å². The zero-order valence-electron chi connectivity index (χ0n) is 32.2. The van der Waals surface area contributed by atoms with E-state index in [9.17, 15) is 0 Å². The highest BCUT2D eigenvalue weighted by atomic mass is 15.1. The second kappa shape index (κ2) is 13.1. The Morgan fingerprint density at radius 2 is 1.59 bits per heavy atom. The van der Waals surface area contributed by atoms with Crippen molar-refractivity contribution in [2.24, 2.45) is 11.3 Å². The molecular weight excluding hydrogens is 591 g/mol. The quantitative estimate of drug-likeness (QED) is 0.266. The van der Waals surface area contributed by atoms with Crippen molar-refractivity contribution < 1.29 is 0 Å². The average Bonchev–Trinajstić information content (AvgIpc) is 3.03. The first kappa shape index (κ1) is 35.0. The van der Waals surface area contributed by atoms with Crippen LogP contribution in [0, 0.1) is 25.2 Å². The molecule has 1 nitrogen and oxygen atoms in total. The fraction of sp³-hybridized carbons (Fsp3) is 0.417. The molecule has 0 aromatic heterocycles. The van der Waals surface area contributed by atoms with Crippen LogP contribution in [0.1, 0.15) is 144 Å². The molecule has 6 rings (SSSR count). The van der Waals surface area contributed by atoms with Crippen LogP contribution in [0.2, 0.25) is 0 Å². The van der Waals surface area contributed by atoms with Gasteiger partial charge in [0.15, 0.2) is 0 Å². The van der Waals surface area contributed by atoms with Gasteiger partial charge in [-0.25, -0.2) is 0 Å². The molecule has 1 heteroatoms. The molecule has 2 aliphatic carbocycles. The van der Waals surface area contributed by atoms with E-state index in [-0.39, 0.29) is 22.3 Å². The number of fused-ring (bicyclic) bond motifs is 2. The number of hydrogen-bond acceptors (Lipinski definition) is 1. The van der Waals surface area contributed by atoms with Crippen LogP contribution in [-0.4, -0.2) is 4.90 Å². The van der Waals surface area contributed by atoms with Crippen LogP contribution in [0.5, 0.6) is 0 Å². The van der Waals surface area contributed by atoms with E-state index in [0.717, 1.165) is 12.8 Å². The summed E-state index contributed by atoms with van der Waals surface area (Å²) in [7, 11) is 0. The Kier molecular flexibility index (Phi) is 9.38. The summed E-state index contributed by atoms with van der Waals surface area (Å²) in [5.41, 5.74) is 16.7. The predicted molar refractivity (Wildman–Crippen MR) is 213 cm³/mol. The van der Waals surface area contributed by atoms with Gasteiger partial charge >= 0.3 is 0 Å². The Bertz CT molecular complexity index is 1890. The summed E-state index contributed by atoms with van der Waals surface area (Å²) in [6.45, 7) is 26.0. The molecule has 3 aromatic carbocycles. The molecule has 1 heterocycles. The van der Waals surface area contributed by atoms with Crippen molar-refractivity contribution in [1.82, 2.24) is 4.90 Å². The third-order valence-electron chi connectivity index (χ3n) is 11.7. The van der Waals surface area contributed by atoms with Crippen molar-refractivity contribution in [3.63, 3.8) is 0 Å². The Morgan fingerprint density at radius 3 is 2.27 bits per heavy atom. The van der Waals surface area contributed by atoms with Gasteiger partial charge in [-0.2, -0.15) is 0 Å². The monoisotopic (exact) mass is 649 g/mol. The Balaban J connectivity index is 1.62. The molecule has 0 radical (unpaired) electrons. The smallest absolute Gasteiger partial charge is 0.0769 e. The van der Waals surface area contributed by atoms with Gasteiger partial charge in [0, 0.05) is 23.2 Å². The molecular formula is C48H59N. The Morgan fingerprint density at radius 1 is 0.878 bits per heavy atom.